The molecule has 0 fully saturated rings. The smallest absolute Gasteiger partial charge is 0.261 e. The highest BCUT2D eigenvalue weighted by Gasteiger charge is 2.30. The lowest BCUT2D eigenvalue weighted by Crippen LogP contribution is -2.37. The predicted octanol–water partition coefficient (Wildman–Crippen LogP) is 5.42. The predicted molar refractivity (Wildman–Crippen MR) is 121 cm³/mol. The highest BCUT2D eigenvalue weighted by molar-refractivity contribution is 7.99. The first-order valence-corrected chi connectivity index (χ1v) is 10.8. The number of amides is 2. The van der Waals surface area contributed by atoms with Crippen LogP contribution in [0.4, 0.5) is 11.4 Å². The van der Waals surface area contributed by atoms with Crippen LogP contribution in [0.15, 0.2) is 70.7 Å². The molecule has 0 atom stereocenters. The summed E-state index contributed by atoms with van der Waals surface area (Å²) in [6, 6.07) is 16.8. The van der Waals surface area contributed by atoms with E-state index in [1.54, 1.807) is 17.2 Å². The fraction of sp³-hybridized carbons (Fsp3) is 0.208. The number of hydrogen-bond donors (Lipinski definition) is 1. The third kappa shape index (κ3) is 3.83. The van der Waals surface area contributed by atoms with Gasteiger partial charge in [-0.15, -0.1) is 0 Å². The van der Waals surface area contributed by atoms with Crippen LogP contribution in [0.25, 0.3) is 0 Å². The Morgan fingerprint density at radius 1 is 1.13 bits per heavy atom. The second-order valence-corrected chi connectivity index (χ2v) is 8.44. The van der Waals surface area contributed by atoms with E-state index in [0.717, 1.165) is 17.0 Å². The standard InChI is InChI=1S/C24H23N3O2S/c1-4-16-7-9-17(10-8-16)22(28)26-18-11-12-20-21(14-18)30-23-19(6-5-13-25-23)24(29)27(20)15(2)3/h5-15H,4H2,1-3H3,(H,26,28). The van der Waals surface area contributed by atoms with Gasteiger partial charge < -0.3 is 10.2 Å². The van der Waals surface area contributed by atoms with Gasteiger partial charge in [0, 0.05) is 28.4 Å². The summed E-state index contributed by atoms with van der Waals surface area (Å²) >= 11 is 1.45. The third-order valence-corrected chi connectivity index (χ3v) is 6.11. The van der Waals surface area contributed by atoms with Gasteiger partial charge in [0.05, 0.1) is 11.3 Å². The Labute approximate surface area is 180 Å². The zero-order valence-corrected chi connectivity index (χ0v) is 18.0. The fourth-order valence-corrected chi connectivity index (χ4v) is 4.50. The first-order valence-electron chi connectivity index (χ1n) is 9.98. The molecule has 0 radical (unpaired) electrons. The third-order valence-electron chi connectivity index (χ3n) is 5.04. The molecule has 0 aliphatic carbocycles. The molecule has 2 heterocycles. The van der Waals surface area contributed by atoms with E-state index in [-0.39, 0.29) is 17.9 Å². The van der Waals surface area contributed by atoms with Crippen molar-refractivity contribution in [3.05, 3.63) is 77.5 Å². The quantitative estimate of drug-likeness (QED) is 0.616. The van der Waals surface area contributed by atoms with Crippen molar-refractivity contribution in [2.75, 3.05) is 10.2 Å². The number of anilines is 2. The number of nitrogens with one attached hydrogen (secondary N) is 1. The largest absolute Gasteiger partial charge is 0.322 e. The van der Waals surface area contributed by atoms with Crippen LogP contribution < -0.4 is 10.2 Å². The normalized spacial score (nSPS) is 12.9. The van der Waals surface area contributed by atoms with Gasteiger partial charge in [-0.3, -0.25) is 9.59 Å². The van der Waals surface area contributed by atoms with Gasteiger partial charge >= 0.3 is 0 Å². The molecule has 2 amide bonds. The Morgan fingerprint density at radius 2 is 1.90 bits per heavy atom. The van der Waals surface area contributed by atoms with E-state index in [1.807, 2.05) is 62.4 Å². The average Bonchev–Trinajstić information content (AvgIpc) is 2.87. The van der Waals surface area contributed by atoms with Crippen LogP contribution in [0.5, 0.6) is 0 Å². The second-order valence-electron chi connectivity index (χ2n) is 7.41. The zero-order chi connectivity index (χ0) is 21.3. The molecule has 152 valence electrons. The number of rotatable bonds is 4. The maximum atomic E-state index is 13.1. The summed E-state index contributed by atoms with van der Waals surface area (Å²) in [4.78, 5) is 32.9. The molecule has 6 heteroatoms. The molecule has 0 saturated heterocycles. The lowest BCUT2D eigenvalue weighted by molar-refractivity contribution is 0.0975. The first-order chi connectivity index (χ1) is 14.5. The molecule has 0 bridgehead atoms. The molecule has 0 saturated carbocycles. The van der Waals surface area contributed by atoms with Crippen LogP contribution in [0.3, 0.4) is 0 Å². The summed E-state index contributed by atoms with van der Waals surface area (Å²) in [7, 11) is 0. The van der Waals surface area contributed by atoms with Crippen molar-refractivity contribution < 1.29 is 9.59 Å². The van der Waals surface area contributed by atoms with E-state index in [0.29, 0.717) is 21.8 Å². The molecule has 1 aliphatic rings. The summed E-state index contributed by atoms with van der Waals surface area (Å²) in [6.45, 7) is 6.06. The van der Waals surface area contributed by atoms with Gasteiger partial charge in [-0.1, -0.05) is 30.8 Å². The molecular formula is C24H23N3O2S. The van der Waals surface area contributed by atoms with E-state index in [9.17, 15) is 9.59 Å². The Morgan fingerprint density at radius 3 is 2.60 bits per heavy atom. The summed E-state index contributed by atoms with van der Waals surface area (Å²) in [5, 5.41) is 3.64. The van der Waals surface area contributed by atoms with E-state index in [2.05, 4.69) is 17.2 Å². The zero-order valence-electron chi connectivity index (χ0n) is 17.2. The van der Waals surface area contributed by atoms with E-state index < -0.39 is 0 Å². The van der Waals surface area contributed by atoms with Crippen LogP contribution in [-0.2, 0) is 6.42 Å². The number of nitrogens with zero attached hydrogens (tertiary/aromatic N) is 2. The highest BCUT2D eigenvalue weighted by atomic mass is 32.2. The minimum atomic E-state index is -0.161. The summed E-state index contributed by atoms with van der Waals surface area (Å²) in [5.41, 5.74) is 3.90. The molecule has 1 N–H and O–H groups in total. The van der Waals surface area contributed by atoms with Crippen LogP contribution in [0.2, 0.25) is 0 Å². The molecule has 0 spiro atoms. The van der Waals surface area contributed by atoms with Crippen LogP contribution >= 0.6 is 11.8 Å². The molecule has 5 nitrogen and oxygen atoms in total. The number of pyridine rings is 1. The molecule has 1 aromatic heterocycles. The SMILES string of the molecule is CCc1ccc(C(=O)Nc2ccc3c(c2)Sc2ncccc2C(=O)N3C(C)C)cc1. The number of carbonyl (C=O) groups is 2. The highest BCUT2D eigenvalue weighted by Crippen LogP contribution is 2.42. The van der Waals surface area contributed by atoms with Gasteiger partial charge in [0.1, 0.15) is 5.03 Å². The van der Waals surface area contributed by atoms with Crippen molar-refractivity contribution in [1.29, 1.82) is 0 Å². The Bertz CT molecular complexity index is 1110. The summed E-state index contributed by atoms with van der Waals surface area (Å²) < 4.78 is 0. The fourth-order valence-electron chi connectivity index (χ4n) is 3.46. The number of aryl methyl sites for hydroxylation is 1. The minimum Gasteiger partial charge on any atom is -0.322 e. The molecular weight excluding hydrogens is 394 g/mol. The van der Waals surface area contributed by atoms with E-state index in [4.69, 9.17) is 0 Å². The lowest BCUT2D eigenvalue weighted by atomic mass is 10.1. The number of hydrogen-bond acceptors (Lipinski definition) is 4. The van der Waals surface area contributed by atoms with E-state index in [1.165, 1.54) is 17.3 Å². The average molecular weight is 418 g/mol. The minimum absolute atomic E-state index is 0.0134. The van der Waals surface area contributed by atoms with Crippen molar-refractivity contribution in [3.63, 3.8) is 0 Å². The van der Waals surface area contributed by atoms with Crippen molar-refractivity contribution in [1.82, 2.24) is 4.98 Å². The van der Waals surface area contributed by atoms with Crippen LogP contribution in [0, 0.1) is 0 Å². The maximum absolute atomic E-state index is 13.1. The molecule has 4 rings (SSSR count). The van der Waals surface area contributed by atoms with Crippen LogP contribution in [0.1, 0.15) is 47.1 Å². The molecule has 30 heavy (non-hydrogen) atoms. The number of aromatic nitrogens is 1. The maximum Gasteiger partial charge on any atom is 0.261 e. The Balaban J connectivity index is 1.67. The van der Waals surface area contributed by atoms with Crippen LogP contribution in [-0.4, -0.2) is 22.8 Å². The van der Waals surface area contributed by atoms with E-state index >= 15 is 0 Å². The van der Waals surface area contributed by atoms with Gasteiger partial charge in [0.15, 0.2) is 0 Å². The molecule has 3 aromatic rings. The molecule has 2 aromatic carbocycles. The Kier molecular flexibility index (Phi) is 5.59. The number of carbonyl (C=O) groups excluding carboxylic acids is 2. The number of benzene rings is 2. The summed E-state index contributed by atoms with van der Waals surface area (Å²) in [6.07, 6.45) is 2.62. The van der Waals surface area contributed by atoms with Gasteiger partial charge in [-0.25, -0.2) is 4.98 Å². The van der Waals surface area contributed by atoms with Crippen molar-refractivity contribution in [2.24, 2.45) is 0 Å². The van der Waals surface area contributed by atoms with Crippen molar-refractivity contribution in [3.8, 4) is 0 Å². The van der Waals surface area contributed by atoms with Gasteiger partial charge in [-0.05, 0) is 68.3 Å². The van der Waals surface area contributed by atoms with Crippen molar-refractivity contribution in [2.45, 2.75) is 43.2 Å². The topological polar surface area (TPSA) is 62.3 Å². The van der Waals surface area contributed by atoms with Gasteiger partial charge in [-0.2, -0.15) is 0 Å². The molecule has 0 unspecified atom stereocenters. The first kappa shape index (κ1) is 20.2. The monoisotopic (exact) mass is 417 g/mol. The lowest BCUT2D eigenvalue weighted by Gasteiger charge is -2.27. The molecule has 1 aliphatic heterocycles. The van der Waals surface area contributed by atoms with Crippen molar-refractivity contribution >= 4 is 35.0 Å². The Hall–Kier alpha value is -3.12. The summed E-state index contributed by atoms with van der Waals surface area (Å²) in [5.74, 6) is -0.223. The second kappa shape index (κ2) is 8.32. The number of fused-ring (bicyclic) bond motifs is 2. The van der Waals surface area contributed by atoms with Gasteiger partial charge in [0.2, 0.25) is 0 Å². The van der Waals surface area contributed by atoms with Gasteiger partial charge in [0.25, 0.3) is 11.8 Å².